The first-order valence-electron chi connectivity index (χ1n) is 6.47. The number of amides is 2. The van der Waals surface area contributed by atoms with Crippen molar-refractivity contribution >= 4 is 17.7 Å². The fraction of sp³-hybridized carbons (Fsp3) is 0.429. The van der Waals surface area contributed by atoms with Gasteiger partial charge in [-0.3, -0.25) is 4.79 Å². The standard InChI is InChI=1S/C14H19FN2O3/c1-3-4-10(13(18)19)8-16-14(20)17-12-6-9(2)5-11(15)7-12/h5-7,10H,3-4,8H2,1-2H3,(H,18,19)(H2,16,17,20). The van der Waals surface area contributed by atoms with Crippen molar-refractivity contribution < 1.29 is 19.1 Å². The Morgan fingerprint density at radius 2 is 2.05 bits per heavy atom. The predicted molar refractivity (Wildman–Crippen MR) is 74.2 cm³/mol. The van der Waals surface area contributed by atoms with Crippen LogP contribution < -0.4 is 10.6 Å². The number of anilines is 1. The van der Waals surface area contributed by atoms with E-state index in [1.807, 2.05) is 6.92 Å². The number of rotatable bonds is 6. The molecule has 0 spiro atoms. The molecule has 5 nitrogen and oxygen atoms in total. The smallest absolute Gasteiger partial charge is 0.319 e. The third kappa shape index (κ3) is 5.26. The third-order valence-electron chi connectivity index (χ3n) is 2.80. The summed E-state index contributed by atoms with van der Waals surface area (Å²) in [5.41, 5.74) is 1.03. The van der Waals surface area contributed by atoms with Gasteiger partial charge >= 0.3 is 12.0 Å². The summed E-state index contributed by atoms with van der Waals surface area (Å²) in [5.74, 6) is -1.98. The van der Waals surface area contributed by atoms with Gasteiger partial charge in [0.1, 0.15) is 5.82 Å². The molecule has 0 saturated carbocycles. The van der Waals surface area contributed by atoms with Crippen LogP contribution in [0.2, 0.25) is 0 Å². The highest BCUT2D eigenvalue weighted by molar-refractivity contribution is 5.89. The van der Waals surface area contributed by atoms with Crippen LogP contribution in [0.25, 0.3) is 0 Å². The Bertz CT molecular complexity index is 471. The molecule has 110 valence electrons. The van der Waals surface area contributed by atoms with E-state index >= 15 is 0 Å². The van der Waals surface area contributed by atoms with Crippen LogP contribution >= 0.6 is 0 Å². The van der Waals surface area contributed by atoms with Crippen LogP contribution in [0.3, 0.4) is 0 Å². The number of aryl methyl sites for hydroxylation is 1. The second kappa shape index (κ2) is 7.47. The number of benzene rings is 1. The van der Waals surface area contributed by atoms with Gasteiger partial charge in [0.2, 0.25) is 0 Å². The summed E-state index contributed by atoms with van der Waals surface area (Å²) in [6.45, 7) is 3.64. The van der Waals surface area contributed by atoms with Crippen LogP contribution in [0.4, 0.5) is 14.9 Å². The van der Waals surface area contributed by atoms with Crippen LogP contribution in [0, 0.1) is 18.7 Å². The lowest BCUT2D eigenvalue weighted by atomic mass is 10.0. The van der Waals surface area contributed by atoms with Gasteiger partial charge in [-0.15, -0.1) is 0 Å². The van der Waals surface area contributed by atoms with Crippen molar-refractivity contribution in [3.8, 4) is 0 Å². The summed E-state index contributed by atoms with van der Waals surface area (Å²) in [5, 5.41) is 13.9. The highest BCUT2D eigenvalue weighted by Gasteiger charge is 2.17. The first-order valence-corrected chi connectivity index (χ1v) is 6.47. The fourth-order valence-electron chi connectivity index (χ4n) is 1.86. The Balaban J connectivity index is 2.52. The Hall–Kier alpha value is -2.11. The average molecular weight is 282 g/mol. The van der Waals surface area contributed by atoms with Crippen molar-refractivity contribution in [3.63, 3.8) is 0 Å². The second-order valence-electron chi connectivity index (χ2n) is 4.68. The summed E-state index contributed by atoms with van der Waals surface area (Å²) in [6, 6.07) is 3.64. The lowest BCUT2D eigenvalue weighted by Crippen LogP contribution is -2.35. The summed E-state index contributed by atoms with van der Waals surface area (Å²) in [4.78, 5) is 22.6. The predicted octanol–water partition coefficient (Wildman–Crippen LogP) is 2.76. The summed E-state index contributed by atoms with van der Waals surface area (Å²) >= 11 is 0. The van der Waals surface area contributed by atoms with Gasteiger partial charge < -0.3 is 15.7 Å². The van der Waals surface area contributed by atoms with Crippen molar-refractivity contribution in [3.05, 3.63) is 29.6 Å². The average Bonchev–Trinajstić information content (AvgIpc) is 2.32. The molecule has 1 aromatic carbocycles. The Labute approximate surface area is 117 Å². The Kier molecular flexibility index (Phi) is 5.96. The first kappa shape index (κ1) is 15.9. The maximum Gasteiger partial charge on any atom is 0.319 e. The number of nitrogens with one attached hydrogen (secondary N) is 2. The molecule has 6 heteroatoms. The number of hydrogen-bond donors (Lipinski definition) is 3. The minimum Gasteiger partial charge on any atom is -0.481 e. The minimum atomic E-state index is -0.936. The molecule has 0 aliphatic rings. The van der Waals surface area contributed by atoms with E-state index in [1.165, 1.54) is 12.1 Å². The molecule has 0 aromatic heterocycles. The van der Waals surface area contributed by atoms with Gasteiger partial charge in [0.25, 0.3) is 0 Å². The van der Waals surface area contributed by atoms with Crippen LogP contribution in [-0.4, -0.2) is 23.7 Å². The molecule has 0 fully saturated rings. The normalized spacial score (nSPS) is 11.8. The molecular formula is C14H19FN2O3. The number of carbonyl (C=O) groups is 2. The van der Waals surface area contributed by atoms with E-state index in [2.05, 4.69) is 10.6 Å². The topological polar surface area (TPSA) is 78.4 Å². The van der Waals surface area contributed by atoms with E-state index < -0.39 is 23.7 Å². The molecule has 20 heavy (non-hydrogen) atoms. The van der Waals surface area contributed by atoms with Crippen molar-refractivity contribution in [1.29, 1.82) is 0 Å². The number of hydrogen-bond acceptors (Lipinski definition) is 2. The zero-order valence-electron chi connectivity index (χ0n) is 11.6. The lowest BCUT2D eigenvalue weighted by Gasteiger charge is -2.13. The van der Waals surface area contributed by atoms with Crippen LogP contribution in [-0.2, 0) is 4.79 Å². The number of aliphatic carboxylic acids is 1. The van der Waals surface area contributed by atoms with Gasteiger partial charge in [0.15, 0.2) is 0 Å². The van der Waals surface area contributed by atoms with Crippen molar-refractivity contribution in [2.24, 2.45) is 5.92 Å². The largest absolute Gasteiger partial charge is 0.481 e. The Morgan fingerprint density at radius 1 is 1.35 bits per heavy atom. The number of carboxylic acids is 1. The molecule has 0 bridgehead atoms. The van der Waals surface area contributed by atoms with E-state index in [0.29, 0.717) is 17.7 Å². The maximum absolute atomic E-state index is 13.1. The fourth-order valence-corrected chi connectivity index (χ4v) is 1.86. The summed E-state index contributed by atoms with van der Waals surface area (Å²) < 4.78 is 13.1. The van der Waals surface area contributed by atoms with Crippen molar-refractivity contribution in [1.82, 2.24) is 5.32 Å². The monoisotopic (exact) mass is 282 g/mol. The molecular weight excluding hydrogens is 263 g/mol. The van der Waals surface area contributed by atoms with E-state index in [4.69, 9.17) is 5.11 Å². The number of urea groups is 1. The molecule has 0 aliphatic carbocycles. The molecule has 1 unspecified atom stereocenters. The molecule has 1 aromatic rings. The van der Waals surface area contributed by atoms with Gasteiger partial charge in [0, 0.05) is 12.2 Å². The second-order valence-corrected chi connectivity index (χ2v) is 4.68. The molecule has 1 rings (SSSR count). The maximum atomic E-state index is 13.1. The molecule has 0 aliphatic heterocycles. The van der Waals surface area contributed by atoms with Gasteiger partial charge in [-0.1, -0.05) is 13.3 Å². The van der Waals surface area contributed by atoms with E-state index in [-0.39, 0.29) is 6.54 Å². The number of carboxylic acid groups (broad SMARTS) is 1. The van der Waals surface area contributed by atoms with Crippen molar-refractivity contribution in [2.45, 2.75) is 26.7 Å². The highest BCUT2D eigenvalue weighted by atomic mass is 19.1. The first-order chi connectivity index (χ1) is 9.42. The highest BCUT2D eigenvalue weighted by Crippen LogP contribution is 2.13. The molecule has 3 N–H and O–H groups in total. The van der Waals surface area contributed by atoms with Crippen LogP contribution in [0.1, 0.15) is 25.3 Å². The molecule has 1 atom stereocenters. The van der Waals surface area contributed by atoms with Gasteiger partial charge in [-0.25, -0.2) is 9.18 Å². The SMILES string of the molecule is CCCC(CNC(=O)Nc1cc(C)cc(F)c1)C(=O)O. The van der Waals surface area contributed by atoms with Gasteiger partial charge in [-0.05, 0) is 37.1 Å². The third-order valence-corrected chi connectivity index (χ3v) is 2.80. The molecule has 2 amide bonds. The molecule has 0 heterocycles. The van der Waals surface area contributed by atoms with E-state index in [9.17, 15) is 14.0 Å². The van der Waals surface area contributed by atoms with E-state index in [1.54, 1.807) is 13.0 Å². The van der Waals surface area contributed by atoms with Crippen LogP contribution in [0.5, 0.6) is 0 Å². The number of carbonyl (C=O) groups excluding carboxylic acids is 1. The molecule has 0 saturated heterocycles. The quantitative estimate of drug-likeness (QED) is 0.750. The zero-order chi connectivity index (χ0) is 15.1. The lowest BCUT2D eigenvalue weighted by molar-refractivity contribution is -0.141. The van der Waals surface area contributed by atoms with Gasteiger partial charge in [0.05, 0.1) is 5.92 Å². The minimum absolute atomic E-state index is 0.0449. The molecule has 0 radical (unpaired) electrons. The summed E-state index contributed by atoms with van der Waals surface area (Å²) in [7, 11) is 0. The summed E-state index contributed by atoms with van der Waals surface area (Å²) in [6.07, 6.45) is 1.22. The number of halogens is 1. The van der Waals surface area contributed by atoms with E-state index in [0.717, 1.165) is 6.42 Å². The van der Waals surface area contributed by atoms with Crippen LogP contribution in [0.15, 0.2) is 18.2 Å². The van der Waals surface area contributed by atoms with Gasteiger partial charge in [-0.2, -0.15) is 0 Å². The van der Waals surface area contributed by atoms with Crippen molar-refractivity contribution in [2.75, 3.05) is 11.9 Å². The zero-order valence-corrected chi connectivity index (χ0v) is 11.6. The Morgan fingerprint density at radius 3 is 2.60 bits per heavy atom.